The fourth-order valence-electron chi connectivity index (χ4n) is 4.50. The van der Waals surface area contributed by atoms with E-state index in [1.54, 1.807) is 6.07 Å². The number of allylic oxidation sites excluding steroid dienone is 1. The molecule has 2 atom stereocenters. The van der Waals surface area contributed by atoms with Gasteiger partial charge in [0, 0.05) is 47.5 Å². The van der Waals surface area contributed by atoms with Crippen molar-refractivity contribution >= 4 is 16.6 Å². The number of hydrogen-bond acceptors (Lipinski definition) is 5. The van der Waals surface area contributed by atoms with E-state index in [0.717, 1.165) is 59.4 Å². The van der Waals surface area contributed by atoms with Crippen molar-refractivity contribution in [3.05, 3.63) is 82.0 Å². The van der Waals surface area contributed by atoms with Gasteiger partial charge in [-0.15, -0.1) is 0 Å². The van der Waals surface area contributed by atoms with Gasteiger partial charge in [0.25, 0.3) is 0 Å². The normalized spacial score (nSPS) is 17.8. The highest BCUT2D eigenvalue weighted by molar-refractivity contribution is 5.85. The van der Waals surface area contributed by atoms with Crippen molar-refractivity contribution < 1.29 is 5.11 Å². The van der Waals surface area contributed by atoms with Gasteiger partial charge in [0.2, 0.25) is 5.56 Å². The van der Waals surface area contributed by atoms with E-state index >= 15 is 0 Å². The van der Waals surface area contributed by atoms with Crippen LogP contribution >= 0.6 is 0 Å². The lowest BCUT2D eigenvalue weighted by Crippen LogP contribution is -2.28. The second-order valence-electron chi connectivity index (χ2n) is 8.15. The maximum absolute atomic E-state index is 11.7. The third kappa shape index (κ3) is 4.80. The summed E-state index contributed by atoms with van der Waals surface area (Å²) in [6.07, 6.45) is 6.96. The maximum atomic E-state index is 11.7. The highest BCUT2D eigenvalue weighted by atomic mass is 16.3. The first-order valence-corrected chi connectivity index (χ1v) is 11.0. The van der Waals surface area contributed by atoms with Crippen LogP contribution in [-0.2, 0) is 0 Å². The van der Waals surface area contributed by atoms with Crippen molar-refractivity contribution in [1.82, 2.24) is 14.9 Å². The zero-order valence-corrected chi connectivity index (χ0v) is 18.1. The smallest absolute Gasteiger partial charge is 0.248 e. The van der Waals surface area contributed by atoms with Crippen LogP contribution in [0, 0.1) is 6.92 Å². The number of aliphatic hydroxyl groups excluding tert-OH is 1. The number of hydrogen-bond donors (Lipinski definition) is 3. The molecule has 31 heavy (non-hydrogen) atoms. The van der Waals surface area contributed by atoms with Crippen molar-refractivity contribution in [3.8, 4) is 0 Å². The van der Waals surface area contributed by atoms with Crippen molar-refractivity contribution in [2.75, 3.05) is 11.9 Å². The summed E-state index contributed by atoms with van der Waals surface area (Å²) in [6.45, 7) is 5.02. The summed E-state index contributed by atoms with van der Waals surface area (Å²) in [5.74, 6) is 0. The van der Waals surface area contributed by atoms with Gasteiger partial charge in [-0.2, -0.15) is 0 Å². The van der Waals surface area contributed by atoms with Crippen molar-refractivity contribution in [1.29, 1.82) is 0 Å². The fourth-order valence-corrected chi connectivity index (χ4v) is 4.50. The van der Waals surface area contributed by atoms with Crippen molar-refractivity contribution in [2.24, 2.45) is 0 Å². The van der Waals surface area contributed by atoms with E-state index in [2.05, 4.69) is 39.3 Å². The molecule has 0 bridgehead atoms. The summed E-state index contributed by atoms with van der Waals surface area (Å²) in [4.78, 5) is 21.5. The predicted octanol–water partition coefficient (Wildman–Crippen LogP) is 4.48. The number of rotatable bonds is 7. The summed E-state index contributed by atoms with van der Waals surface area (Å²) >= 11 is 0. The van der Waals surface area contributed by atoms with Gasteiger partial charge < -0.3 is 20.3 Å². The molecular weight excluding hydrogens is 388 g/mol. The number of nitrogens with zero attached hydrogens (tertiary/aromatic N) is 2. The second kappa shape index (κ2) is 9.35. The molecule has 1 fully saturated rings. The Hall–Kier alpha value is -3.12. The Morgan fingerprint density at radius 3 is 3.00 bits per heavy atom. The lowest BCUT2D eigenvalue weighted by Gasteiger charge is -2.30. The number of aromatic nitrogens is 2. The Bertz CT molecular complexity index is 1120. The molecule has 6 nitrogen and oxygen atoms in total. The largest absolute Gasteiger partial charge is 0.373 e. The van der Waals surface area contributed by atoms with Crippen molar-refractivity contribution in [3.63, 3.8) is 0 Å². The average Bonchev–Trinajstić information content (AvgIpc) is 3.24. The molecule has 3 aromatic rings. The number of aryl methyl sites for hydroxylation is 1. The minimum Gasteiger partial charge on any atom is -0.373 e. The van der Waals surface area contributed by atoms with E-state index < -0.39 is 6.23 Å². The van der Waals surface area contributed by atoms with E-state index in [0.29, 0.717) is 6.42 Å². The maximum Gasteiger partial charge on any atom is 0.248 e. The molecule has 6 heteroatoms. The fraction of sp³-hybridized carbons (Fsp3) is 0.360. The van der Waals surface area contributed by atoms with Gasteiger partial charge in [-0.1, -0.05) is 19.1 Å². The van der Waals surface area contributed by atoms with Gasteiger partial charge in [0.15, 0.2) is 0 Å². The average molecular weight is 419 g/mol. The number of benzene rings is 1. The molecule has 0 radical (unpaired) electrons. The SMILES string of the molecule is CC/C=C(\CC(O)Nc1ccc2[nH]c(=O)cc(C)c2c1)N1CCCC1c1ccccn1. The predicted molar refractivity (Wildman–Crippen MR) is 125 cm³/mol. The third-order valence-corrected chi connectivity index (χ3v) is 5.88. The lowest BCUT2D eigenvalue weighted by molar-refractivity contribution is 0.183. The first-order valence-electron chi connectivity index (χ1n) is 11.0. The Balaban J connectivity index is 1.50. The zero-order valence-electron chi connectivity index (χ0n) is 18.1. The topological polar surface area (TPSA) is 81.2 Å². The summed E-state index contributed by atoms with van der Waals surface area (Å²) in [7, 11) is 0. The molecule has 3 N–H and O–H groups in total. The number of fused-ring (bicyclic) bond motifs is 1. The van der Waals surface area contributed by atoms with Crippen LogP contribution in [0.2, 0.25) is 0 Å². The molecule has 4 rings (SSSR count). The van der Waals surface area contributed by atoms with Gasteiger partial charge in [0.1, 0.15) is 6.23 Å². The summed E-state index contributed by atoms with van der Waals surface area (Å²) in [5.41, 5.74) is 4.67. The molecule has 2 aromatic heterocycles. The first-order chi connectivity index (χ1) is 15.0. The molecule has 1 aliphatic heterocycles. The highest BCUT2D eigenvalue weighted by Crippen LogP contribution is 2.35. The van der Waals surface area contributed by atoms with E-state index in [4.69, 9.17) is 0 Å². The Morgan fingerprint density at radius 2 is 2.23 bits per heavy atom. The number of likely N-dealkylation sites (tertiary alicyclic amines) is 1. The molecule has 0 amide bonds. The van der Waals surface area contributed by atoms with Crippen LogP contribution < -0.4 is 10.9 Å². The molecule has 162 valence electrons. The van der Waals surface area contributed by atoms with E-state index in [1.807, 2.05) is 43.5 Å². The number of nitrogens with one attached hydrogen (secondary N) is 2. The van der Waals surface area contributed by atoms with Crippen LogP contribution in [0.1, 0.15) is 49.9 Å². The summed E-state index contributed by atoms with van der Waals surface area (Å²) in [6, 6.07) is 13.6. The van der Waals surface area contributed by atoms with Crippen LogP contribution in [0.15, 0.2) is 65.2 Å². The lowest BCUT2D eigenvalue weighted by atomic mass is 10.1. The number of aromatic amines is 1. The minimum absolute atomic E-state index is 0.104. The molecule has 1 aromatic carbocycles. The zero-order chi connectivity index (χ0) is 21.8. The highest BCUT2D eigenvalue weighted by Gasteiger charge is 2.29. The van der Waals surface area contributed by atoms with Crippen LogP contribution in [0.3, 0.4) is 0 Å². The standard InChI is InChI=1S/C25H30N4O2/c1-3-7-19(29-13-6-9-23(29)22-8-4-5-12-26-22)16-25(31)27-18-10-11-21-20(15-18)17(2)14-24(30)28-21/h4-5,7-8,10-12,14-15,23,25,27,31H,3,6,9,13,16H2,1-2H3,(H,28,30)/b19-7+. The number of pyridine rings is 2. The van der Waals surface area contributed by atoms with Gasteiger partial charge in [0.05, 0.1) is 11.7 Å². The first kappa shape index (κ1) is 21.1. The Kier molecular flexibility index (Phi) is 6.37. The molecular formula is C25H30N4O2. The van der Waals surface area contributed by atoms with Gasteiger partial charge in [-0.25, -0.2) is 0 Å². The second-order valence-corrected chi connectivity index (χ2v) is 8.15. The van der Waals surface area contributed by atoms with Gasteiger partial charge in [-0.05, 0) is 62.1 Å². The third-order valence-electron chi connectivity index (χ3n) is 5.88. The molecule has 3 heterocycles. The van der Waals surface area contributed by atoms with Crippen LogP contribution in [0.5, 0.6) is 0 Å². The van der Waals surface area contributed by atoms with E-state index in [9.17, 15) is 9.90 Å². The van der Waals surface area contributed by atoms with E-state index in [-0.39, 0.29) is 11.6 Å². The molecule has 0 spiro atoms. The molecule has 1 aliphatic rings. The number of aliphatic hydroxyl groups is 1. The monoisotopic (exact) mass is 418 g/mol. The van der Waals surface area contributed by atoms with Crippen molar-refractivity contribution in [2.45, 2.75) is 51.8 Å². The molecule has 1 saturated heterocycles. The van der Waals surface area contributed by atoms with Gasteiger partial charge in [-0.3, -0.25) is 9.78 Å². The molecule has 0 aliphatic carbocycles. The number of H-pyrrole nitrogens is 1. The van der Waals surface area contributed by atoms with Crippen LogP contribution in [-0.4, -0.2) is 32.7 Å². The Labute approximate surface area is 182 Å². The minimum atomic E-state index is -0.719. The summed E-state index contributed by atoms with van der Waals surface area (Å²) < 4.78 is 0. The van der Waals surface area contributed by atoms with Gasteiger partial charge >= 0.3 is 0 Å². The molecule has 0 saturated carbocycles. The van der Waals surface area contributed by atoms with E-state index in [1.165, 1.54) is 0 Å². The quantitative estimate of drug-likeness (QED) is 0.493. The number of anilines is 1. The Morgan fingerprint density at radius 1 is 1.35 bits per heavy atom. The van der Waals surface area contributed by atoms with Crippen LogP contribution in [0.4, 0.5) is 5.69 Å². The summed E-state index contributed by atoms with van der Waals surface area (Å²) in [5, 5.41) is 15.0. The molecule has 2 unspecified atom stereocenters. The van der Waals surface area contributed by atoms with Crippen LogP contribution in [0.25, 0.3) is 10.9 Å².